The van der Waals surface area contributed by atoms with Crippen molar-refractivity contribution in [2.24, 2.45) is 5.73 Å². The highest BCUT2D eigenvalue weighted by atomic mass is 32.5. The molecule has 0 unspecified atom stereocenters. The smallest absolute Gasteiger partial charge is 0.320 e. The van der Waals surface area contributed by atoms with Gasteiger partial charge in [0.25, 0.3) is 0 Å². The van der Waals surface area contributed by atoms with Crippen molar-refractivity contribution in [3.8, 4) is 0 Å². The van der Waals surface area contributed by atoms with Gasteiger partial charge in [0.15, 0.2) is 6.49 Å². The molecule has 0 aromatic heterocycles. The van der Waals surface area contributed by atoms with Crippen LogP contribution in [0.1, 0.15) is 25.7 Å². The van der Waals surface area contributed by atoms with Crippen LogP contribution in [-0.4, -0.2) is 33.1 Å². The summed E-state index contributed by atoms with van der Waals surface area (Å²) < 4.78 is 0. The van der Waals surface area contributed by atoms with Gasteiger partial charge in [0.2, 0.25) is 0 Å². The molecule has 0 bridgehead atoms. The molecule has 0 aromatic rings. The lowest BCUT2D eigenvalue weighted by atomic mass is 10.1. The molecule has 0 heterocycles. The van der Waals surface area contributed by atoms with Crippen LogP contribution < -0.4 is 5.73 Å². The van der Waals surface area contributed by atoms with Crippen molar-refractivity contribution >= 4 is 24.3 Å². The maximum Gasteiger partial charge on any atom is 0.320 e. The van der Waals surface area contributed by atoms with E-state index in [2.05, 4.69) is 11.8 Å². The van der Waals surface area contributed by atoms with Crippen LogP contribution in [0.25, 0.3) is 0 Å². The Morgan fingerprint density at radius 1 is 1.36 bits per heavy atom. The lowest BCUT2D eigenvalue weighted by Crippen LogP contribution is -2.29. The summed E-state index contributed by atoms with van der Waals surface area (Å²) in [6.07, 6.45) is 2.64. The van der Waals surface area contributed by atoms with Crippen LogP contribution in [0, 0.1) is 0 Å². The zero-order valence-electron chi connectivity index (χ0n) is 7.80. The first-order chi connectivity index (χ1) is 6.33. The zero-order chi connectivity index (χ0) is 11.2. The van der Waals surface area contributed by atoms with E-state index < -0.39 is 18.5 Å². The minimum Gasteiger partial charge on any atom is -0.480 e. The first-order valence-corrected chi connectivity index (χ1v) is 7.25. The van der Waals surface area contributed by atoms with E-state index in [1.165, 1.54) is 0 Å². The molecule has 0 rings (SSSR count). The van der Waals surface area contributed by atoms with Gasteiger partial charge < -0.3 is 20.6 Å². The van der Waals surface area contributed by atoms with Gasteiger partial charge in [-0.1, -0.05) is 12.8 Å². The Morgan fingerprint density at radius 2 is 1.93 bits per heavy atom. The van der Waals surface area contributed by atoms with Crippen LogP contribution in [0.4, 0.5) is 0 Å². The van der Waals surface area contributed by atoms with Gasteiger partial charge in [0, 0.05) is 6.16 Å². The molecule has 0 aromatic carbocycles. The minimum absolute atomic E-state index is 0.227. The topological polar surface area (TPSA) is 104 Å². The molecule has 0 amide bonds. The summed E-state index contributed by atoms with van der Waals surface area (Å²) in [5.74, 6) is -1.00. The van der Waals surface area contributed by atoms with E-state index >= 15 is 0 Å². The predicted octanol–water partition coefficient (Wildman–Crippen LogP) is 0.253. The van der Waals surface area contributed by atoms with Crippen LogP contribution in [0.2, 0.25) is 0 Å². The number of hydrogen-bond acceptors (Lipinski definition) is 3. The summed E-state index contributed by atoms with van der Waals surface area (Å²) in [4.78, 5) is 28.1. The quantitative estimate of drug-likeness (QED) is 0.376. The van der Waals surface area contributed by atoms with Gasteiger partial charge in [-0.25, -0.2) is 0 Å². The van der Waals surface area contributed by atoms with Crippen LogP contribution in [0.3, 0.4) is 0 Å². The number of carboxylic acids is 1. The van der Waals surface area contributed by atoms with E-state index in [0.717, 1.165) is 6.42 Å². The maximum atomic E-state index is 10.3. The lowest BCUT2D eigenvalue weighted by molar-refractivity contribution is -0.138. The van der Waals surface area contributed by atoms with Gasteiger partial charge in [0.1, 0.15) is 6.04 Å². The van der Waals surface area contributed by atoms with Crippen molar-refractivity contribution in [3.63, 3.8) is 0 Å². The minimum atomic E-state index is -3.06. The molecule has 0 spiro atoms. The normalized spacial score (nSPS) is 13.9. The highest BCUT2D eigenvalue weighted by molar-refractivity contribution is 8.09. The van der Waals surface area contributed by atoms with Gasteiger partial charge in [0.05, 0.1) is 0 Å². The molecular weight excluding hydrogens is 225 g/mol. The lowest BCUT2D eigenvalue weighted by Gasteiger charge is -2.08. The maximum absolute atomic E-state index is 10.3. The second-order valence-corrected chi connectivity index (χ2v) is 6.71. The fourth-order valence-electron chi connectivity index (χ4n) is 0.982. The third-order valence-electron chi connectivity index (χ3n) is 1.78. The molecule has 0 saturated carbocycles. The molecule has 14 heavy (non-hydrogen) atoms. The Labute approximate surface area is 88.1 Å². The van der Waals surface area contributed by atoms with E-state index in [1.54, 1.807) is 0 Å². The predicted molar refractivity (Wildman–Crippen MR) is 57.7 cm³/mol. The van der Waals surface area contributed by atoms with E-state index in [-0.39, 0.29) is 6.16 Å². The van der Waals surface area contributed by atoms with Crippen molar-refractivity contribution in [1.29, 1.82) is 0 Å². The fraction of sp³-hybridized carbons (Fsp3) is 0.857. The van der Waals surface area contributed by atoms with E-state index in [0.29, 0.717) is 19.3 Å². The van der Waals surface area contributed by atoms with Gasteiger partial charge in [-0.15, -0.1) is 0 Å². The molecule has 0 aliphatic heterocycles. The Morgan fingerprint density at radius 3 is 2.36 bits per heavy atom. The summed E-state index contributed by atoms with van der Waals surface area (Å²) in [6.45, 7) is -3.06. The summed E-state index contributed by atoms with van der Waals surface area (Å²) >= 11 is 4.43. The van der Waals surface area contributed by atoms with Crippen molar-refractivity contribution < 1.29 is 19.7 Å². The first kappa shape index (κ1) is 14.0. The van der Waals surface area contributed by atoms with Gasteiger partial charge in [-0.3, -0.25) is 4.79 Å². The van der Waals surface area contributed by atoms with Gasteiger partial charge >= 0.3 is 5.97 Å². The molecule has 84 valence electrons. The third-order valence-corrected chi connectivity index (χ3v) is 3.23. The Bertz CT molecular complexity index is 230. The van der Waals surface area contributed by atoms with E-state index in [9.17, 15) is 4.79 Å². The second-order valence-electron chi connectivity index (χ2n) is 3.18. The summed E-state index contributed by atoms with van der Waals surface area (Å²) in [5.41, 5.74) is 5.27. The number of hydrogen-bond donors (Lipinski definition) is 4. The largest absolute Gasteiger partial charge is 0.480 e. The number of carbonyl (C=O) groups is 1. The van der Waals surface area contributed by atoms with Crippen LogP contribution >= 0.6 is 6.49 Å². The summed E-state index contributed by atoms with van der Waals surface area (Å²) in [6, 6.07) is -0.818. The van der Waals surface area contributed by atoms with Crippen molar-refractivity contribution in [1.82, 2.24) is 0 Å². The summed E-state index contributed by atoms with van der Waals surface area (Å²) in [5, 5.41) is 8.45. The molecule has 0 fully saturated rings. The molecule has 5 N–H and O–H groups in total. The molecular formula is C7H16NO4PS. The molecule has 1 atom stereocenters. The molecule has 0 aliphatic rings. The van der Waals surface area contributed by atoms with Crippen LogP contribution in [-0.2, 0) is 16.6 Å². The molecule has 0 radical (unpaired) electrons. The molecule has 0 aliphatic carbocycles. The van der Waals surface area contributed by atoms with Gasteiger partial charge in [-0.05, 0) is 24.6 Å². The molecule has 0 saturated heterocycles. The van der Waals surface area contributed by atoms with Gasteiger partial charge in [-0.2, -0.15) is 0 Å². The van der Waals surface area contributed by atoms with Crippen LogP contribution in [0.5, 0.6) is 0 Å². The highest BCUT2D eigenvalue weighted by Gasteiger charge is 2.11. The highest BCUT2D eigenvalue weighted by Crippen LogP contribution is 2.36. The third kappa shape index (κ3) is 8.59. The molecule has 5 nitrogen and oxygen atoms in total. The average Bonchev–Trinajstić information content (AvgIpc) is 2.01. The zero-order valence-corrected chi connectivity index (χ0v) is 9.51. The van der Waals surface area contributed by atoms with Crippen molar-refractivity contribution in [2.75, 3.05) is 6.16 Å². The van der Waals surface area contributed by atoms with Crippen molar-refractivity contribution in [3.05, 3.63) is 0 Å². The number of unbranched alkanes of at least 4 members (excludes halogenated alkanes) is 2. The number of rotatable bonds is 7. The van der Waals surface area contributed by atoms with E-state index in [1.807, 2.05) is 0 Å². The monoisotopic (exact) mass is 241 g/mol. The van der Waals surface area contributed by atoms with Crippen LogP contribution in [0.15, 0.2) is 0 Å². The number of nitrogens with two attached hydrogens (primary N) is 1. The summed E-state index contributed by atoms with van der Waals surface area (Å²) in [7, 11) is 0. The van der Waals surface area contributed by atoms with Crippen molar-refractivity contribution in [2.45, 2.75) is 31.7 Å². The second kappa shape index (κ2) is 6.48. The Hall–Kier alpha value is 0. The SMILES string of the molecule is N[C@H](CCCCCP(O)(O)=S)C(=O)O. The number of carboxylic acid groups (broad SMARTS) is 1. The number of aliphatic carboxylic acids is 1. The standard InChI is InChI=1S/C7H16NO4PS/c8-6(7(9)10)4-2-1-3-5-13(11,12)14/h6H,1-5,8H2,(H,9,10)(H2,11,12,14)/t6-/m1/s1. The fourth-order valence-corrected chi connectivity index (χ4v) is 2.01. The first-order valence-electron chi connectivity index (χ1n) is 4.36. The average molecular weight is 241 g/mol. The Balaban J connectivity index is 3.39. The Kier molecular flexibility index (Phi) is 6.48. The molecule has 7 heteroatoms. The van der Waals surface area contributed by atoms with E-state index in [4.69, 9.17) is 20.6 Å².